The summed E-state index contributed by atoms with van der Waals surface area (Å²) < 4.78 is 6.46. The van der Waals surface area contributed by atoms with E-state index in [2.05, 4.69) is 4.74 Å². The Morgan fingerprint density at radius 3 is 2.53 bits per heavy atom. The number of hydrogen-bond acceptors (Lipinski definition) is 3. The van der Waals surface area contributed by atoms with E-state index in [0.29, 0.717) is 17.4 Å². The number of carbonyl (C=O) groups excluding carboxylic acids is 2. The lowest BCUT2D eigenvalue weighted by atomic mass is 10.0. The van der Waals surface area contributed by atoms with Crippen molar-refractivity contribution in [1.82, 2.24) is 4.57 Å². The van der Waals surface area contributed by atoms with Gasteiger partial charge in [-0.05, 0) is 5.92 Å². The first-order valence-corrected chi connectivity index (χ1v) is 4.75. The largest absolute Gasteiger partial charge is 0.465 e. The van der Waals surface area contributed by atoms with Gasteiger partial charge in [0.2, 0.25) is 0 Å². The van der Waals surface area contributed by atoms with Crippen molar-refractivity contribution < 1.29 is 14.3 Å². The number of aldehydes is 1. The number of carbonyl (C=O) groups is 2. The standard InChI is InChI=1S/C11H15NO3/c1-7(2)10-9(11(14)15-4)8(6-13)5-12(10)3/h5-7H,1-4H3. The molecule has 1 rings (SSSR count). The Labute approximate surface area is 88.8 Å². The molecule has 1 aromatic heterocycles. The van der Waals surface area contributed by atoms with Gasteiger partial charge < -0.3 is 9.30 Å². The summed E-state index contributed by atoms with van der Waals surface area (Å²) >= 11 is 0. The van der Waals surface area contributed by atoms with Crippen molar-refractivity contribution in [1.29, 1.82) is 0 Å². The third kappa shape index (κ3) is 1.93. The molecule has 4 nitrogen and oxygen atoms in total. The molecule has 82 valence electrons. The fourth-order valence-corrected chi connectivity index (χ4v) is 1.78. The van der Waals surface area contributed by atoms with Gasteiger partial charge in [-0.15, -0.1) is 0 Å². The van der Waals surface area contributed by atoms with E-state index < -0.39 is 5.97 Å². The van der Waals surface area contributed by atoms with E-state index in [-0.39, 0.29) is 5.92 Å². The maximum atomic E-state index is 11.5. The van der Waals surface area contributed by atoms with E-state index in [4.69, 9.17) is 0 Å². The quantitative estimate of drug-likeness (QED) is 0.563. The molecule has 0 saturated heterocycles. The number of aromatic nitrogens is 1. The molecular formula is C11H15NO3. The molecule has 1 heterocycles. The lowest BCUT2D eigenvalue weighted by molar-refractivity contribution is 0.0596. The van der Waals surface area contributed by atoms with Crippen LogP contribution in [0.25, 0.3) is 0 Å². The highest BCUT2D eigenvalue weighted by Crippen LogP contribution is 2.24. The maximum absolute atomic E-state index is 11.5. The average Bonchev–Trinajstić information content (AvgIpc) is 2.53. The summed E-state index contributed by atoms with van der Waals surface area (Å²) in [4.78, 5) is 22.4. The molecule has 0 aliphatic heterocycles. The predicted octanol–water partition coefficient (Wildman–Crippen LogP) is 1.75. The summed E-state index contributed by atoms with van der Waals surface area (Å²) in [6.07, 6.45) is 2.33. The van der Waals surface area contributed by atoms with Gasteiger partial charge in [-0.1, -0.05) is 13.8 Å². The third-order valence-electron chi connectivity index (χ3n) is 2.32. The van der Waals surface area contributed by atoms with Gasteiger partial charge in [-0.2, -0.15) is 0 Å². The predicted molar refractivity (Wildman–Crippen MR) is 56.2 cm³/mol. The molecule has 0 radical (unpaired) electrons. The number of ether oxygens (including phenoxy) is 1. The molecular weight excluding hydrogens is 194 g/mol. The Bertz CT molecular complexity index is 391. The van der Waals surface area contributed by atoms with Crippen LogP contribution in [-0.2, 0) is 11.8 Å². The second kappa shape index (κ2) is 4.29. The highest BCUT2D eigenvalue weighted by Gasteiger charge is 2.22. The van der Waals surface area contributed by atoms with E-state index in [1.54, 1.807) is 10.8 Å². The van der Waals surface area contributed by atoms with Crippen LogP contribution in [0.2, 0.25) is 0 Å². The van der Waals surface area contributed by atoms with Crippen molar-refractivity contribution in [2.24, 2.45) is 7.05 Å². The Balaban J connectivity index is 3.42. The van der Waals surface area contributed by atoms with Gasteiger partial charge in [-0.3, -0.25) is 4.79 Å². The van der Waals surface area contributed by atoms with Gasteiger partial charge in [0, 0.05) is 24.5 Å². The lowest BCUT2D eigenvalue weighted by Crippen LogP contribution is -2.09. The molecule has 4 heteroatoms. The molecule has 0 amide bonds. The van der Waals surface area contributed by atoms with E-state index in [0.717, 1.165) is 5.69 Å². The summed E-state index contributed by atoms with van der Waals surface area (Å²) in [5.74, 6) is -0.292. The van der Waals surface area contributed by atoms with Crippen molar-refractivity contribution in [3.63, 3.8) is 0 Å². The number of aryl methyl sites for hydroxylation is 1. The molecule has 0 bridgehead atoms. The number of rotatable bonds is 3. The Morgan fingerprint density at radius 1 is 1.53 bits per heavy atom. The molecule has 0 spiro atoms. The van der Waals surface area contributed by atoms with Crippen LogP contribution in [0.1, 0.15) is 46.2 Å². The Kier molecular flexibility index (Phi) is 3.29. The van der Waals surface area contributed by atoms with Crippen molar-refractivity contribution in [2.45, 2.75) is 19.8 Å². The summed E-state index contributed by atoms with van der Waals surface area (Å²) in [5.41, 5.74) is 1.59. The zero-order valence-electron chi connectivity index (χ0n) is 9.40. The van der Waals surface area contributed by atoms with Gasteiger partial charge in [0.15, 0.2) is 6.29 Å². The highest BCUT2D eigenvalue weighted by atomic mass is 16.5. The van der Waals surface area contributed by atoms with Crippen LogP contribution in [0, 0.1) is 0 Å². The van der Waals surface area contributed by atoms with Gasteiger partial charge >= 0.3 is 5.97 Å². The van der Waals surface area contributed by atoms with Crippen molar-refractivity contribution in [3.8, 4) is 0 Å². The second-order valence-corrected chi connectivity index (χ2v) is 3.72. The van der Waals surface area contributed by atoms with Crippen LogP contribution in [-0.4, -0.2) is 23.9 Å². The molecule has 0 saturated carbocycles. The molecule has 0 atom stereocenters. The van der Waals surface area contributed by atoms with Crippen LogP contribution in [0.15, 0.2) is 6.20 Å². The van der Waals surface area contributed by atoms with Crippen molar-refractivity contribution in [3.05, 3.63) is 23.0 Å². The zero-order valence-corrected chi connectivity index (χ0v) is 9.40. The minimum Gasteiger partial charge on any atom is -0.465 e. The normalized spacial score (nSPS) is 10.5. The van der Waals surface area contributed by atoms with Crippen LogP contribution in [0.3, 0.4) is 0 Å². The van der Waals surface area contributed by atoms with Crippen molar-refractivity contribution >= 4 is 12.3 Å². The van der Waals surface area contributed by atoms with E-state index in [1.807, 2.05) is 20.9 Å². The molecule has 0 aliphatic rings. The Hall–Kier alpha value is -1.58. The summed E-state index contributed by atoms with van der Waals surface area (Å²) in [7, 11) is 3.13. The summed E-state index contributed by atoms with van der Waals surface area (Å²) in [6, 6.07) is 0. The van der Waals surface area contributed by atoms with E-state index in [9.17, 15) is 9.59 Å². The second-order valence-electron chi connectivity index (χ2n) is 3.72. The lowest BCUT2D eigenvalue weighted by Gasteiger charge is -2.09. The van der Waals surface area contributed by atoms with Crippen LogP contribution in [0.4, 0.5) is 0 Å². The molecule has 15 heavy (non-hydrogen) atoms. The summed E-state index contributed by atoms with van der Waals surface area (Å²) in [5, 5.41) is 0. The first-order chi connectivity index (χ1) is 7.02. The smallest absolute Gasteiger partial charge is 0.340 e. The minimum absolute atomic E-state index is 0.165. The van der Waals surface area contributed by atoms with Gasteiger partial charge in [0.1, 0.15) is 0 Å². The first-order valence-electron chi connectivity index (χ1n) is 4.75. The first kappa shape index (κ1) is 11.5. The van der Waals surface area contributed by atoms with Crippen molar-refractivity contribution in [2.75, 3.05) is 7.11 Å². The fraction of sp³-hybridized carbons (Fsp3) is 0.455. The number of esters is 1. The molecule has 0 aliphatic carbocycles. The van der Waals surface area contributed by atoms with Gasteiger partial charge in [0.25, 0.3) is 0 Å². The highest BCUT2D eigenvalue weighted by molar-refractivity contribution is 5.99. The fourth-order valence-electron chi connectivity index (χ4n) is 1.78. The van der Waals surface area contributed by atoms with Crippen LogP contribution in [0.5, 0.6) is 0 Å². The molecule has 0 fully saturated rings. The minimum atomic E-state index is -0.457. The molecule has 1 aromatic rings. The van der Waals surface area contributed by atoms with E-state index in [1.165, 1.54) is 7.11 Å². The molecule has 0 aromatic carbocycles. The topological polar surface area (TPSA) is 48.3 Å². The molecule has 0 unspecified atom stereocenters. The maximum Gasteiger partial charge on any atom is 0.340 e. The number of hydrogen-bond donors (Lipinski definition) is 0. The zero-order chi connectivity index (χ0) is 11.6. The SMILES string of the molecule is COC(=O)c1c(C=O)cn(C)c1C(C)C. The van der Waals surface area contributed by atoms with Gasteiger partial charge in [0.05, 0.1) is 12.7 Å². The summed E-state index contributed by atoms with van der Waals surface area (Å²) in [6.45, 7) is 3.94. The van der Waals surface area contributed by atoms with Gasteiger partial charge in [-0.25, -0.2) is 4.79 Å². The monoisotopic (exact) mass is 209 g/mol. The third-order valence-corrected chi connectivity index (χ3v) is 2.32. The van der Waals surface area contributed by atoms with Crippen LogP contribution >= 0.6 is 0 Å². The number of methoxy groups -OCH3 is 1. The number of nitrogens with zero attached hydrogens (tertiary/aromatic N) is 1. The molecule has 0 N–H and O–H groups in total. The Morgan fingerprint density at radius 2 is 2.13 bits per heavy atom. The average molecular weight is 209 g/mol. The van der Waals surface area contributed by atoms with E-state index >= 15 is 0 Å². The van der Waals surface area contributed by atoms with Crippen LogP contribution < -0.4 is 0 Å².